The maximum absolute atomic E-state index is 2.88. The number of likely N-dealkylation sites (tertiary alicyclic amines) is 1. The van der Waals surface area contributed by atoms with E-state index in [9.17, 15) is 0 Å². The Balaban J connectivity index is 0.975. The van der Waals surface area contributed by atoms with Crippen molar-refractivity contribution in [3.63, 3.8) is 0 Å². The number of rotatable bonds is 7. The van der Waals surface area contributed by atoms with Gasteiger partial charge in [0.05, 0.1) is 12.1 Å². The van der Waals surface area contributed by atoms with Gasteiger partial charge in [-0.1, -0.05) is 104 Å². The number of hydrogen-bond acceptors (Lipinski definition) is 2. The van der Waals surface area contributed by atoms with E-state index in [0.717, 1.165) is 42.4 Å². The summed E-state index contributed by atoms with van der Waals surface area (Å²) in [5.41, 5.74) is 9.24. The van der Waals surface area contributed by atoms with Crippen molar-refractivity contribution in [2.45, 2.75) is 128 Å². The molecule has 1 saturated heterocycles. The van der Waals surface area contributed by atoms with Crippen molar-refractivity contribution in [2.75, 3.05) is 4.90 Å². The normalized spacial score (nSPS) is 35.8. The number of anilines is 1. The summed E-state index contributed by atoms with van der Waals surface area (Å²) in [6, 6.07) is 12.6. The van der Waals surface area contributed by atoms with E-state index in [1.807, 2.05) is 0 Å². The Bertz CT molecular complexity index is 1730. The van der Waals surface area contributed by atoms with Crippen LogP contribution in [0.25, 0.3) is 0 Å². The van der Waals surface area contributed by atoms with Gasteiger partial charge in [-0.2, -0.15) is 0 Å². The molecule has 0 radical (unpaired) electrons. The lowest BCUT2D eigenvalue weighted by Gasteiger charge is -2.40. The van der Waals surface area contributed by atoms with Crippen LogP contribution < -0.4 is 4.90 Å². The van der Waals surface area contributed by atoms with Crippen molar-refractivity contribution in [1.82, 2.24) is 4.90 Å². The number of nitrogens with zero attached hydrogens (tertiary/aromatic N) is 2. The molecule has 1 heterocycles. The summed E-state index contributed by atoms with van der Waals surface area (Å²) in [5.74, 6) is 4.83. The molecular weight excluding hydrogens is 629 g/mol. The summed E-state index contributed by atoms with van der Waals surface area (Å²) in [6.07, 6.45) is 53.2. The molecule has 1 aromatic rings. The predicted octanol–water partition coefficient (Wildman–Crippen LogP) is 12.7. The lowest BCUT2D eigenvalue weighted by Crippen LogP contribution is -2.40. The lowest BCUT2D eigenvalue weighted by atomic mass is 9.72. The zero-order chi connectivity index (χ0) is 34.9. The predicted molar refractivity (Wildman–Crippen MR) is 220 cm³/mol. The van der Waals surface area contributed by atoms with Gasteiger partial charge in [-0.25, -0.2) is 0 Å². The summed E-state index contributed by atoms with van der Waals surface area (Å²) in [4.78, 5) is 5.61. The van der Waals surface area contributed by atoms with Crippen LogP contribution in [0.5, 0.6) is 0 Å². The van der Waals surface area contributed by atoms with Gasteiger partial charge in [-0.15, -0.1) is 0 Å². The van der Waals surface area contributed by atoms with E-state index in [2.05, 4.69) is 126 Å². The van der Waals surface area contributed by atoms with Crippen LogP contribution in [0.2, 0.25) is 0 Å². The molecule has 8 aliphatic rings. The van der Waals surface area contributed by atoms with Crippen molar-refractivity contribution < 1.29 is 0 Å². The highest BCUT2D eigenvalue weighted by Gasteiger charge is 2.43. The topological polar surface area (TPSA) is 6.48 Å². The summed E-state index contributed by atoms with van der Waals surface area (Å²) in [5, 5.41) is 0. The SMILES string of the molecule is CC1CCC(N2C3=CC(N(C4=CCC(C5=CCC([C@@H]6CC=CCC6)CC5)CC4)c4ccccc4)CC=C3C3=CC=CCC32)C=CC1C1CC=CCC1. The van der Waals surface area contributed by atoms with Crippen molar-refractivity contribution in [3.8, 4) is 0 Å². The second-order valence-electron chi connectivity index (χ2n) is 17.5. The Kier molecular flexibility index (Phi) is 10.2. The lowest BCUT2D eigenvalue weighted by molar-refractivity contribution is 0.232. The van der Waals surface area contributed by atoms with Crippen LogP contribution in [0.1, 0.15) is 110 Å². The maximum Gasteiger partial charge on any atom is 0.0589 e. The Morgan fingerprint density at radius 3 is 2.25 bits per heavy atom. The van der Waals surface area contributed by atoms with Crippen molar-refractivity contribution >= 4 is 5.69 Å². The quantitative estimate of drug-likeness (QED) is 0.263. The van der Waals surface area contributed by atoms with Gasteiger partial charge in [-0.3, -0.25) is 0 Å². The highest BCUT2D eigenvalue weighted by Crippen LogP contribution is 2.48. The highest BCUT2D eigenvalue weighted by atomic mass is 15.2. The molecule has 1 aliphatic heterocycles. The van der Waals surface area contributed by atoms with E-state index in [1.54, 1.807) is 16.8 Å². The second kappa shape index (κ2) is 15.5. The first-order chi connectivity index (χ1) is 25.7. The van der Waals surface area contributed by atoms with Crippen molar-refractivity contribution in [3.05, 3.63) is 137 Å². The molecule has 9 rings (SSSR count). The molecule has 2 heteroatoms. The Morgan fingerprint density at radius 2 is 1.50 bits per heavy atom. The molecule has 0 N–H and O–H groups in total. The summed E-state index contributed by atoms with van der Waals surface area (Å²) >= 11 is 0. The molecule has 0 aromatic heterocycles. The monoisotopic (exact) mass is 690 g/mol. The molecule has 2 nitrogen and oxygen atoms in total. The third kappa shape index (κ3) is 6.85. The van der Waals surface area contributed by atoms with E-state index in [4.69, 9.17) is 0 Å². The average molecular weight is 691 g/mol. The third-order valence-electron chi connectivity index (χ3n) is 14.6. The summed E-state index contributed by atoms with van der Waals surface area (Å²) in [6.45, 7) is 2.53. The molecule has 9 atom stereocenters. The van der Waals surface area contributed by atoms with Crippen molar-refractivity contribution in [2.24, 2.45) is 35.5 Å². The minimum Gasteiger partial charge on any atom is -0.357 e. The number of para-hydroxylation sites is 1. The maximum atomic E-state index is 2.88. The van der Waals surface area contributed by atoms with Gasteiger partial charge in [0, 0.05) is 23.1 Å². The third-order valence-corrected chi connectivity index (χ3v) is 14.6. The molecular formula is C50H62N2. The fourth-order valence-corrected chi connectivity index (χ4v) is 11.7. The first-order valence-electron chi connectivity index (χ1n) is 21.5. The van der Waals surface area contributed by atoms with Gasteiger partial charge in [0.15, 0.2) is 0 Å². The van der Waals surface area contributed by atoms with Crippen LogP contribution in [0.15, 0.2) is 137 Å². The van der Waals surface area contributed by atoms with Crippen LogP contribution in [-0.4, -0.2) is 23.0 Å². The van der Waals surface area contributed by atoms with E-state index < -0.39 is 0 Å². The molecule has 0 amide bonds. The smallest absolute Gasteiger partial charge is 0.0589 e. The zero-order valence-electron chi connectivity index (χ0n) is 31.8. The van der Waals surface area contributed by atoms with Gasteiger partial charge in [-0.05, 0) is 168 Å². The standard InChI is InChI=1S/C50H62N2/c1-36-21-28-44(31-33-46(36)41-15-7-3-8-16-41)52-49-20-12-11-19-47(49)48-34-32-45(35-50(48)52)51(42-17-9-4-10-18-42)43-29-26-40(27-30-43)39-24-22-38(23-25-39)37-13-5-2-6-14-37/h2-5,7,9-12,17-19,24,29,31,33-38,40-41,44-46,49H,6,8,13-16,20-23,25-28,30,32H2,1H3/t36?,37-,38?,40?,41?,44?,45?,46?,49?/m1/s1. The van der Waals surface area contributed by atoms with E-state index in [1.165, 1.54) is 107 Å². The molecule has 0 spiro atoms. The van der Waals surface area contributed by atoms with Gasteiger partial charge in [0.1, 0.15) is 0 Å². The fraction of sp³-hybridized carbons (Fsp3) is 0.520. The molecule has 272 valence electrons. The summed E-state index contributed by atoms with van der Waals surface area (Å²) < 4.78 is 0. The van der Waals surface area contributed by atoms with E-state index >= 15 is 0 Å². The first-order valence-corrected chi connectivity index (χ1v) is 21.5. The minimum absolute atomic E-state index is 0.329. The molecule has 52 heavy (non-hydrogen) atoms. The zero-order valence-corrected chi connectivity index (χ0v) is 31.8. The van der Waals surface area contributed by atoms with Crippen LogP contribution in [0, 0.1) is 35.5 Å². The summed E-state index contributed by atoms with van der Waals surface area (Å²) in [7, 11) is 0. The van der Waals surface area contributed by atoms with Crippen LogP contribution in [0.3, 0.4) is 0 Å². The van der Waals surface area contributed by atoms with E-state index in [0.29, 0.717) is 24.0 Å². The molecule has 8 unspecified atom stereocenters. The number of benzene rings is 1. The number of allylic oxidation sites excluding steroid dienone is 12. The Morgan fingerprint density at radius 1 is 0.673 bits per heavy atom. The average Bonchev–Trinajstić information content (AvgIpc) is 3.41. The van der Waals surface area contributed by atoms with Crippen LogP contribution in [0.4, 0.5) is 5.69 Å². The van der Waals surface area contributed by atoms with E-state index in [-0.39, 0.29) is 0 Å². The van der Waals surface area contributed by atoms with Gasteiger partial charge in [0.25, 0.3) is 0 Å². The number of hydrogen-bond donors (Lipinski definition) is 0. The molecule has 1 fully saturated rings. The highest BCUT2D eigenvalue weighted by molar-refractivity contribution is 5.62. The van der Waals surface area contributed by atoms with Gasteiger partial charge in [0.2, 0.25) is 0 Å². The van der Waals surface area contributed by atoms with Crippen LogP contribution in [-0.2, 0) is 0 Å². The number of fused-ring (bicyclic) bond motifs is 3. The first kappa shape index (κ1) is 34.3. The van der Waals surface area contributed by atoms with Gasteiger partial charge >= 0.3 is 0 Å². The molecule has 1 aromatic carbocycles. The Labute approximate surface area is 315 Å². The molecule has 7 aliphatic carbocycles. The Hall–Kier alpha value is -3.52. The fourth-order valence-electron chi connectivity index (χ4n) is 11.7. The second-order valence-corrected chi connectivity index (χ2v) is 17.5. The van der Waals surface area contributed by atoms with Crippen molar-refractivity contribution in [1.29, 1.82) is 0 Å². The molecule has 0 saturated carbocycles. The van der Waals surface area contributed by atoms with Gasteiger partial charge < -0.3 is 9.80 Å². The van der Waals surface area contributed by atoms with Crippen LogP contribution >= 0.6 is 0 Å². The molecule has 0 bridgehead atoms. The largest absolute Gasteiger partial charge is 0.357 e. The minimum atomic E-state index is 0.329.